The molecule has 1 rings (SSSR count). The molecule has 0 spiro atoms. The van der Waals surface area contributed by atoms with Crippen LogP contribution in [0.25, 0.3) is 0 Å². The fourth-order valence-electron chi connectivity index (χ4n) is 3.84. The smallest absolute Gasteiger partial charge is 0.0848 e. The monoisotopic (exact) mass is 337 g/mol. The van der Waals surface area contributed by atoms with E-state index in [1.807, 2.05) is 0 Å². The van der Waals surface area contributed by atoms with Crippen molar-refractivity contribution in [3.8, 4) is 6.07 Å². The highest BCUT2D eigenvalue weighted by Gasteiger charge is 2.36. The van der Waals surface area contributed by atoms with Gasteiger partial charge in [0.1, 0.15) is 0 Å². The summed E-state index contributed by atoms with van der Waals surface area (Å²) in [6.07, 6.45) is 13.2. The van der Waals surface area contributed by atoms with E-state index in [-0.39, 0.29) is 0 Å². The van der Waals surface area contributed by atoms with Crippen molar-refractivity contribution in [3.63, 3.8) is 0 Å². The minimum Gasteiger partial charge on any atom is -0.304 e. The maximum atomic E-state index is 8.88. The predicted molar refractivity (Wildman–Crippen MR) is 103 cm³/mol. The van der Waals surface area contributed by atoms with Gasteiger partial charge in [-0.2, -0.15) is 5.26 Å². The van der Waals surface area contributed by atoms with Crippen LogP contribution in [0.1, 0.15) is 71.1 Å². The normalized spacial score (nSPS) is 19.7. The zero-order valence-electron chi connectivity index (χ0n) is 15.9. The first-order valence-electron chi connectivity index (χ1n) is 9.96. The fourth-order valence-corrected chi connectivity index (χ4v) is 7.21. The minimum absolute atomic E-state index is 0.578. The molecule has 3 nitrogen and oxygen atoms in total. The molecule has 0 aromatic carbocycles. The largest absolute Gasteiger partial charge is 0.304 e. The zero-order chi connectivity index (χ0) is 17.0. The van der Waals surface area contributed by atoms with E-state index in [1.54, 1.807) is 0 Å². The average molecular weight is 338 g/mol. The summed E-state index contributed by atoms with van der Waals surface area (Å²) in [5.41, 5.74) is 0. The molecule has 1 atom stereocenters. The molecule has 1 N–H and O–H groups in total. The molecule has 1 aliphatic rings. The van der Waals surface area contributed by atoms with Gasteiger partial charge in [-0.05, 0) is 13.0 Å². The van der Waals surface area contributed by atoms with Crippen LogP contribution in [0.4, 0.5) is 0 Å². The number of nitrogens with zero attached hydrogens (tertiary/aromatic N) is 2. The average Bonchev–Trinajstić information content (AvgIpc) is 2.55. The standard InChI is InChI=1S/C19H39N3Si/c1-4-5-6-7-8-9-10-11-18-23(2,3)19-21-15-13-17-22(19)16-12-14-20/h19,21H,4-13,15-18H2,1-3H3. The number of nitrogens with one attached hydrogen (secondary N) is 1. The Balaban J connectivity index is 2.25. The Morgan fingerprint density at radius 2 is 1.74 bits per heavy atom. The van der Waals surface area contributed by atoms with Gasteiger partial charge in [-0.3, -0.25) is 4.90 Å². The molecule has 1 fully saturated rings. The Morgan fingerprint density at radius 3 is 2.39 bits per heavy atom. The van der Waals surface area contributed by atoms with Gasteiger partial charge in [-0.25, -0.2) is 0 Å². The highest BCUT2D eigenvalue weighted by Crippen LogP contribution is 2.24. The molecule has 0 aromatic rings. The third kappa shape index (κ3) is 8.33. The second-order valence-electron chi connectivity index (χ2n) is 7.87. The molecule has 1 heterocycles. The van der Waals surface area contributed by atoms with E-state index in [0.717, 1.165) is 13.1 Å². The van der Waals surface area contributed by atoms with Crippen molar-refractivity contribution in [1.82, 2.24) is 10.2 Å². The van der Waals surface area contributed by atoms with Crippen molar-refractivity contribution < 1.29 is 0 Å². The van der Waals surface area contributed by atoms with Crippen molar-refractivity contribution >= 4 is 8.07 Å². The maximum absolute atomic E-state index is 8.88. The van der Waals surface area contributed by atoms with E-state index in [2.05, 4.69) is 36.3 Å². The van der Waals surface area contributed by atoms with Crippen LogP contribution in [0.2, 0.25) is 19.1 Å². The molecule has 0 saturated carbocycles. The lowest BCUT2D eigenvalue weighted by Gasteiger charge is -2.44. The van der Waals surface area contributed by atoms with Crippen LogP contribution in [0.15, 0.2) is 0 Å². The molecule has 0 radical (unpaired) electrons. The highest BCUT2D eigenvalue weighted by atomic mass is 28.3. The summed E-state index contributed by atoms with van der Waals surface area (Å²) in [6, 6.07) is 3.73. The van der Waals surface area contributed by atoms with Gasteiger partial charge in [0.05, 0.1) is 14.1 Å². The van der Waals surface area contributed by atoms with Crippen molar-refractivity contribution in [2.45, 2.75) is 96.1 Å². The lowest BCUT2D eigenvalue weighted by molar-refractivity contribution is 0.181. The molecule has 0 amide bonds. The molecule has 0 aromatic heterocycles. The first-order chi connectivity index (χ1) is 11.1. The first kappa shape index (κ1) is 20.7. The van der Waals surface area contributed by atoms with E-state index in [9.17, 15) is 0 Å². The van der Waals surface area contributed by atoms with E-state index >= 15 is 0 Å². The third-order valence-electron chi connectivity index (χ3n) is 5.25. The van der Waals surface area contributed by atoms with Crippen LogP contribution < -0.4 is 5.32 Å². The van der Waals surface area contributed by atoms with Crippen LogP contribution in [0.3, 0.4) is 0 Å². The van der Waals surface area contributed by atoms with Crippen molar-refractivity contribution in [2.24, 2.45) is 0 Å². The second-order valence-corrected chi connectivity index (χ2v) is 12.9. The van der Waals surface area contributed by atoms with Gasteiger partial charge in [-0.1, -0.05) is 77.4 Å². The molecule has 4 heteroatoms. The summed E-state index contributed by atoms with van der Waals surface area (Å²) in [4.78, 5) is 2.56. The van der Waals surface area contributed by atoms with Crippen molar-refractivity contribution in [2.75, 3.05) is 19.6 Å². The molecule has 0 aliphatic carbocycles. The Labute approximate surface area is 145 Å². The molecule has 1 saturated heterocycles. The van der Waals surface area contributed by atoms with Crippen LogP contribution in [0.5, 0.6) is 0 Å². The van der Waals surface area contributed by atoms with Crippen LogP contribution >= 0.6 is 0 Å². The quantitative estimate of drug-likeness (QED) is 0.406. The molecular weight excluding hydrogens is 298 g/mol. The molecule has 23 heavy (non-hydrogen) atoms. The molecule has 1 aliphatic heterocycles. The topological polar surface area (TPSA) is 39.1 Å². The Hall–Kier alpha value is -0.373. The number of hydrogen-bond acceptors (Lipinski definition) is 3. The van der Waals surface area contributed by atoms with Gasteiger partial charge in [0.2, 0.25) is 0 Å². The Bertz CT molecular complexity index is 338. The van der Waals surface area contributed by atoms with Gasteiger partial charge in [0.25, 0.3) is 0 Å². The molecular formula is C19H39N3Si. The lowest BCUT2D eigenvalue weighted by atomic mass is 10.1. The summed E-state index contributed by atoms with van der Waals surface area (Å²) >= 11 is 0. The highest BCUT2D eigenvalue weighted by molar-refractivity contribution is 6.78. The third-order valence-corrected chi connectivity index (χ3v) is 8.94. The molecule has 0 bridgehead atoms. The second kappa shape index (κ2) is 12.1. The minimum atomic E-state index is -1.29. The zero-order valence-corrected chi connectivity index (χ0v) is 16.9. The number of unbranched alkanes of at least 4 members (excludes halogenated alkanes) is 7. The van der Waals surface area contributed by atoms with Gasteiger partial charge in [0.15, 0.2) is 0 Å². The van der Waals surface area contributed by atoms with Gasteiger partial charge in [-0.15, -0.1) is 0 Å². The summed E-state index contributed by atoms with van der Waals surface area (Å²) in [7, 11) is -1.29. The van der Waals surface area contributed by atoms with E-state index in [0.29, 0.717) is 12.2 Å². The number of hydrogen-bond donors (Lipinski definition) is 1. The van der Waals surface area contributed by atoms with Gasteiger partial charge < -0.3 is 5.32 Å². The van der Waals surface area contributed by atoms with E-state index < -0.39 is 8.07 Å². The maximum Gasteiger partial charge on any atom is 0.0848 e. The molecule has 134 valence electrons. The summed E-state index contributed by atoms with van der Waals surface area (Å²) in [5, 5.41) is 12.6. The van der Waals surface area contributed by atoms with Crippen LogP contribution in [-0.4, -0.2) is 38.4 Å². The van der Waals surface area contributed by atoms with Gasteiger partial charge >= 0.3 is 0 Å². The van der Waals surface area contributed by atoms with Crippen molar-refractivity contribution in [1.29, 1.82) is 5.26 Å². The van der Waals surface area contributed by atoms with Crippen LogP contribution in [-0.2, 0) is 0 Å². The van der Waals surface area contributed by atoms with E-state index in [1.165, 1.54) is 70.4 Å². The van der Waals surface area contributed by atoms with Crippen molar-refractivity contribution in [3.05, 3.63) is 0 Å². The lowest BCUT2D eigenvalue weighted by Crippen LogP contribution is -2.63. The predicted octanol–water partition coefficient (Wildman–Crippen LogP) is 4.91. The van der Waals surface area contributed by atoms with Gasteiger partial charge in [0, 0.05) is 25.3 Å². The van der Waals surface area contributed by atoms with E-state index in [4.69, 9.17) is 5.26 Å². The summed E-state index contributed by atoms with van der Waals surface area (Å²) in [5.74, 6) is 0.578. The summed E-state index contributed by atoms with van der Waals surface area (Å²) < 4.78 is 0. The number of nitriles is 1. The first-order valence-corrected chi connectivity index (χ1v) is 13.2. The molecule has 1 unspecified atom stereocenters. The fraction of sp³-hybridized carbons (Fsp3) is 0.947. The SMILES string of the molecule is CCCCCCCCCC[Si](C)(C)C1NCCCN1CCC#N. The summed E-state index contributed by atoms with van der Waals surface area (Å²) in [6.45, 7) is 10.6. The Morgan fingerprint density at radius 1 is 1.09 bits per heavy atom. The Kier molecular flexibility index (Phi) is 10.8. The van der Waals surface area contributed by atoms with Crippen LogP contribution in [0, 0.1) is 11.3 Å². The number of rotatable bonds is 12.